The van der Waals surface area contributed by atoms with Crippen LogP contribution in [0.4, 0.5) is 19.3 Å². The minimum absolute atomic E-state index is 0.0452. The summed E-state index contributed by atoms with van der Waals surface area (Å²) in [6.07, 6.45) is 1.23. The van der Waals surface area contributed by atoms with Crippen molar-refractivity contribution in [3.8, 4) is 11.3 Å². The van der Waals surface area contributed by atoms with Gasteiger partial charge in [-0.2, -0.15) is 0 Å². The lowest BCUT2D eigenvalue weighted by atomic mass is 10.0. The van der Waals surface area contributed by atoms with E-state index in [-0.39, 0.29) is 29.1 Å². The lowest BCUT2D eigenvalue weighted by molar-refractivity contribution is 0.0472. The summed E-state index contributed by atoms with van der Waals surface area (Å²) in [6.45, 7) is 7.78. The number of carbonyl (C=O) groups excluding carboxylic acids is 1. The Morgan fingerprint density at radius 3 is 2.45 bits per heavy atom. The number of ether oxygens (including phenoxy) is 1. The molecule has 1 aromatic carbocycles. The van der Waals surface area contributed by atoms with Crippen molar-refractivity contribution in [1.82, 2.24) is 10.3 Å². The first-order valence-electron chi connectivity index (χ1n) is 9.82. The van der Waals surface area contributed by atoms with Crippen molar-refractivity contribution in [1.29, 1.82) is 0 Å². The lowest BCUT2D eigenvalue weighted by Crippen LogP contribution is -2.49. The van der Waals surface area contributed by atoms with Gasteiger partial charge < -0.3 is 20.1 Å². The third-order valence-electron chi connectivity index (χ3n) is 4.88. The number of rotatable bonds is 4. The zero-order valence-corrected chi connectivity index (χ0v) is 17.8. The van der Waals surface area contributed by atoms with Gasteiger partial charge in [-0.05, 0) is 52.3 Å². The molecule has 1 aliphatic heterocycles. The predicted octanol–water partition coefficient (Wildman–Crippen LogP) is 4.22. The zero-order valence-electron chi connectivity index (χ0n) is 17.8. The number of aromatic carboxylic acids is 1. The van der Waals surface area contributed by atoms with Gasteiger partial charge in [0, 0.05) is 30.9 Å². The summed E-state index contributed by atoms with van der Waals surface area (Å²) in [7, 11) is 0. The summed E-state index contributed by atoms with van der Waals surface area (Å²) in [5, 5.41) is 12.6. The van der Waals surface area contributed by atoms with Crippen LogP contribution in [0.25, 0.3) is 11.3 Å². The van der Waals surface area contributed by atoms with E-state index < -0.39 is 34.8 Å². The number of nitrogens with one attached hydrogen (secondary N) is 1. The fourth-order valence-electron chi connectivity index (χ4n) is 3.65. The molecule has 0 spiro atoms. The van der Waals surface area contributed by atoms with Crippen molar-refractivity contribution >= 4 is 17.7 Å². The maximum Gasteiger partial charge on any atom is 0.408 e. The number of carbonyl (C=O) groups is 2. The first-order valence-corrected chi connectivity index (χ1v) is 9.82. The van der Waals surface area contributed by atoms with Crippen molar-refractivity contribution in [3.63, 3.8) is 0 Å². The summed E-state index contributed by atoms with van der Waals surface area (Å²) < 4.78 is 33.0. The highest BCUT2D eigenvalue weighted by molar-refractivity contribution is 5.98. The fraction of sp³-hybridized carbons (Fsp3) is 0.409. The number of aromatic nitrogens is 1. The maximum absolute atomic E-state index is 13.8. The van der Waals surface area contributed by atoms with Gasteiger partial charge in [0.15, 0.2) is 0 Å². The van der Waals surface area contributed by atoms with Gasteiger partial charge in [0.05, 0.1) is 22.5 Å². The van der Waals surface area contributed by atoms with Gasteiger partial charge in [-0.25, -0.2) is 18.4 Å². The number of nitrogens with zero attached hydrogens (tertiary/aromatic N) is 2. The quantitative estimate of drug-likeness (QED) is 0.750. The van der Waals surface area contributed by atoms with E-state index in [4.69, 9.17) is 4.74 Å². The summed E-state index contributed by atoms with van der Waals surface area (Å²) in [6, 6.07) is 4.29. The second-order valence-electron chi connectivity index (χ2n) is 8.88. The van der Waals surface area contributed by atoms with Crippen LogP contribution >= 0.6 is 0 Å². The molecule has 0 saturated carbocycles. The molecule has 3 rings (SSSR count). The highest BCUT2D eigenvalue weighted by Gasteiger charge is 2.38. The molecule has 2 N–H and O–H groups in total. The second-order valence-corrected chi connectivity index (χ2v) is 8.88. The normalized spacial score (nSPS) is 18.7. The minimum Gasteiger partial charge on any atom is -0.478 e. The van der Waals surface area contributed by atoms with E-state index in [0.717, 1.165) is 18.2 Å². The number of halogens is 2. The molecule has 1 saturated heterocycles. The molecule has 1 unspecified atom stereocenters. The first kappa shape index (κ1) is 22.5. The molecular formula is C22H25F2N3O4. The number of hydrogen-bond acceptors (Lipinski definition) is 5. The number of carboxylic acids is 1. The van der Waals surface area contributed by atoms with Gasteiger partial charge in [0.1, 0.15) is 17.2 Å². The van der Waals surface area contributed by atoms with E-state index in [1.54, 1.807) is 25.7 Å². The molecular weight excluding hydrogens is 408 g/mol. The Morgan fingerprint density at radius 2 is 1.87 bits per heavy atom. The zero-order chi connectivity index (χ0) is 23.0. The van der Waals surface area contributed by atoms with Crippen LogP contribution < -0.4 is 10.2 Å². The van der Waals surface area contributed by atoms with E-state index in [1.807, 2.05) is 6.92 Å². The SMILES string of the molecule is CC1(NC(=O)OC(C)(C)C)CCN(c2c(C(=O)O)ccnc2-c2cc(F)cc(F)c2)C1. The second kappa shape index (κ2) is 8.13. The molecule has 1 fully saturated rings. The lowest BCUT2D eigenvalue weighted by Gasteiger charge is -2.29. The number of anilines is 1. The number of pyridine rings is 1. The molecule has 2 heterocycles. The van der Waals surface area contributed by atoms with Crippen LogP contribution in [-0.2, 0) is 4.74 Å². The highest BCUT2D eigenvalue weighted by Crippen LogP contribution is 2.37. The Morgan fingerprint density at radius 1 is 1.23 bits per heavy atom. The number of alkyl carbamates (subject to hydrolysis) is 1. The number of carboxylic acid groups (broad SMARTS) is 1. The Bertz CT molecular complexity index is 1000. The number of benzene rings is 1. The molecule has 1 aliphatic rings. The van der Waals surface area contributed by atoms with Gasteiger partial charge in [-0.3, -0.25) is 4.98 Å². The van der Waals surface area contributed by atoms with Gasteiger partial charge in [-0.1, -0.05) is 0 Å². The molecule has 0 bridgehead atoms. The molecule has 1 aromatic heterocycles. The van der Waals surface area contributed by atoms with Gasteiger partial charge in [0.25, 0.3) is 0 Å². The van der Waals surface area contributed by atoms with Crippen molar-refractivity contribution in [3.05, 3.63) is 47.7 Å². The molecule has 2 aromatic rings. The van der Waals surface area contributed by atoms with E-state index in [1.165, 1.54) is 12.3 Å². The molecule has 7 nitrogen and oxygen atoms in total. The van der Waals surface area contributed by atoms with Crippen molar-refractivity contribution < 1.29 is 28.2 Å². The topological polar surface area (TPSA) is 91.8 Å². The van der Waals surface area contributed by atoms with Crippen molar-refractivity contribution in [2.45, 2.75) is 45.3 Å². The van der Waals surface area contributed by atoms with Crippen LogP contribution in [0, 0.1) is 11.6 Å². The molecule has 1 amide bonds. The third-order valence-corrected chi connectivity index (χ3v) is 4.88. The van der Waals surface area contributed by atoms with Gasteiger partial charge >= 0.3 is 12.1 Å². The van der Waals surface area contributed by atoms with E-state index in [9.17, 15) is 23.5 Å². The first-order chi connectivity index (χ1) is 14.4. The van der Waals surface area contributed by atoms with Crippen LogP contribution in [-0.4, -0.2) is 46.4 Å². The Labute approximate surface area is 179 Å². The van der Waals surface area contributed by atoms with Crippen molar-refractivity contribution in [2.24, 2.45) is 0 Å². The summed E-state index contributed by atoms with van der Waals surface area (Å²) in [5.74, 6) is -2.77. The maximum atomic E-state index is 13.8. The monoisotopic (exact) mass is 433 g/mol. The standard InChI is InChI=1S/C22H25F2N3O4/c1-21(2,3)31-20(30)26-22(4)6-8-27(12-22)18-16(19(28)29)5-7-25-17(18)13-9-14(23)11-15(24)10-13/h5,7,9-11H,6,8,12H2,1-4H3,(H,26,30)(H,28,29). The molecule has 31 heavy (non-hydrogen) atoms. The smallest absolute Gasteiger partial charge is 0.408 e. The predicted molar refractivity (Wildman–Crippen MR) is 111 cm³/mol. The largest absolute Gasteiger partial charge is 0.478 e. The molecule has 166 valence electrons. The Hall–Kier alpha value is -3.23. The van der Waals surface area contributed by atoms with Crippen LogP contribution in [0.5, 0.6) is 0 Å². The molecule has 0 radical (unpaired) electrons. The number of amides is 1. The minimum atomic E-state index is -1.19. The van der Waals surface area contributed by atoms with Crippen molar-refractivity contribution in [2.75, 3.05) is 18.0 Å². The molecule has 0 aliphatic carbocycles. The molecule has 1 atom stereocenters. The van der Waals surface area contributed by atoms with Gasteiger partial charge in [0.2, 0.25) is 0 Å². The van der Waals surface area contributed by atoms with Gasteiger partial charge in [-0.15, -0.1) is 0 Å². The average Bonchev–Trinajstić information content (AvgIpc) is 2.99. The van der Waals surface area contributed by atoms with E-state index >= 15 is 0 Å². The fourth-order valence-corrected chi connectivity index (χ4v) is 3.65. The molecule has 9 heteroatoms. The van der Waals surface area contributed by atoms with Crippen LogP contribution in [0.15, 0.2) is 30.5 Å². The van der Waals surface area contributed by atoms with Crippen LogP contribution in [0.1, 0.15) is 44.5 Å². The summed E-state index contributed by atoms with van der Waals surface area (Å²) in [4.78, 5) is 30.1. The van der Waals surface area contributed by atoms with E-state index in [2.05, 4.69) is 10.3 Å². The highest BCUT2D eigenvalue weighted by atomic mass is 19.1. The van der Waals surface area contributed by atoms with Crippen LogP contribution in [0.3, 0.4) is 0 Å². The third kappa shape index (κ3) is 5.28. The Balaban J connectivity index is 1.97. The summed E-state index contributed by atoms with van der Waals surface area (Å²) >= 11 is 0. The summed E-state index contributed by atoms with van der Waals surface area (Å²) in [5.41, 5.74) is -0.874. The Kier molecular flexibility index (Phi) is 5.89. The average molecular weight is 433 g/mol. The number of hydrogen-bond donors (Lipinski definition) is 2. The van der Waals surface area contributed by atoms with Crippen LogP contribution in [0.2, 0.25) is 0 Å². The van der Waals surface area contributed by atoms with E-state index in [0.29, 0.717) is 13.0 Å².